The molecule has 0 atom stereocenters. The number of carbonyl (C=O) groups excluding carboxylic acids is 1. The number of hydrogen-bond donors (Lipinski definition) is 0. The van der Waals surface area contributed by atoms with Crippen LogP contribution >= 0.6 is 11.3 Å². The molecule has 1 aromatic carbocycles. The summed E-state index contributed by atoms with van der Waals surface area (Å²) in [4.78, 5) is 15.2. The van der Waals surface area contributed by atoms with Crippen molar-refractivity contribution in [3.8, 4) is 5.75 Å². The summed E-state index contributed by atoms with van der Waals surface area (Å²) in [5, 5.41) is 2.06. The molecule has 20 heavy (non-hydrogen) atoms. The van der Waals surface area contributed by atoms with Gasteiger partial charge in [0.05, 0.1) is 20.1 Å². The molecule has 2 aromatic rings. The van der Waals surface area contributed by atoms with Crippen molar-refractivity contribution in [1.29, 1.82) is 0 Å². The fraction of sp³-hybridized carbons (Fsp3) is 0.312. The van der Waals surface area contributed by atoms with Crippen LogP contribution in [0.25, 0.3) is 0 Å². The van der Waals surface area contributed by atoms with Gasteiger partial charge in [-0.1, -0.05) is 12.1 Å². The molecule has 0 bridgehead atoms. The van der Waals surface area contributed by atoms with E-state index in [1.165, 1.54) is 10.4 Å². The number of nitrogens with zero attached hydrogens (tertiary/aromatic N) is 1. The summed E-state index contributed by atoms with van der Waals surface area (Å²) in [6.45, 7) is 2.76. The predicted molar refractivity (Wildman–Crippen MR) is 82.2 cm³/mol. The number of likely N-dealkylation sites (N-methyl/N-ethyl adjacent to an activating group) is 1. The SMILES string of the molecule is COc1ccc(CC(=O)N(C)Cc2sccc2C)cc1. The number of benzene rings is 1. The largest absolute Gasteiger partial charge is 0.497 e. The number of carbonyl (C=O) groups is 1. The van der Waals surface area contributed by atoms with Crippen molar-refractivity contribution >= 4 is 17.2 Å². The Hall–Kier alpha value is -1.81. The Morgan fingerprint density at radius 1 is 1.25 bits per heavy atom. The topological polar surface area (TPSA) is 29.5 Å². The maximum absolute atomic E-state index is 12.2. The van der Waals surface area contributed by atoms with E-state index in [0.717, 1.165) is 11.3 Å². The van der Waals surface area contributed by atoms with Crippen LogP contribution in [0.1, 0.15) is 16.0 Å². The summed E-state index contributed by atoms with van der Waals surface area (Å²) in [6.07, 6.45) is 0.422. The van der Waals surface area contributed by atoms with Gasteiger partial charge >= 0.3 is 0 Å². The van der Waals surface area contributed by atoms with Gasteiger partial charge < -0.3 is 9.64 Å². The number of hydrogen-bond acceptors (Lipinski definition) is 3. The van der Waals surface area contributed by atoms with Crippen LogP contribution in [0.2, 0.25) is 0 Å². The summed E-state index contributed by atoms with van der Waals surface area (Å²) in [5.74, 6) is 0.937. The highest BCUT2D eigenvalue weighted by molar-refractivity contribution is 7.10. The van der Waals surface area contributed by atoms with Gasteiger partial charge in [0.1, 0.15) is 5.75 Å². The predicted octanol–water partition coefficient (Wildman–Crippen LogP) is 3.27. The summed E-state index contributed by atoms with van der Waals surface area (Å²) in [5.41, 5.74) is 2.25. The highest BCUT2D eigenvalue weighted by Gasteiger charge is 2.12. The highest BCUT2D eigenvalue weighted by atomic mass is 32.1. The Morgan fingerprint density at radius 2 is 1.95 bits per heavy atom. The molecule has 1 amide bonds. The van der Waals surface area contributed by atoms with Gasteiger partial charge in [-0.3, -0.25) is 4.79 Å². The average molecular weight is 289 g/mol. The van der Waals surface area contributed by atoms with E-state index in [9.17, 15) is 4.79 Å². The molecule has 0 aliphatic carbocycles. The molecule has 0 spiro atoms. The van der Waals surface area contributed by atoms with E-state index in [1.54, 1.807) is 23.3 Å². The first-order valence-electron chi connectivity index (χ1n) is 6.50. The van der Waals surface area contributed by atoms with Crippen LogP contribution in [0.5, 0.6) is 5.75 Å². The van der Waals surface area contributed by atoms with E-state index in [4.69, 9.17) is 4.74 Å². The maximum Gasteiger partial charge on any atom is 0.227 e. The summed E-state index contributed by atoms with van der Waals surface area (Å²) in [6, 6.07) is 9.71. The van der Waals surface area contributed by atoms with E-state index in [-0.39, 0.29) is 5.91 Å². The van der Waals surface area contributed by atoms with Crippen molar-refractivity contribution in [2.75, 3.05) is 14.2 Å². The van der Waals surface area contributed by atoms with E-state index in [1.807, 2.05) is 31.3 Å². The number of rotatable bonds is 5. The van der Waals surface area contributed by atoms with Crippen molar-refractivity contribution in [3.63, 3.8) is 0 Å². The van der Waals surface area contributed by atoms with Crippen LogP contribution in [-0.2, 0) is 17.8 Å². The second kappa shape index (κ2) is 6.57. The molecule has 4 heteroatoms. The minimum atomic E-state index is 0.128. The number of methoxy groups -OCH3 is 1. The van der Waals surface area contributed by atoms with Gasteiger partial charge in [-0.2, -0.15) is 0 Å². The van der Waals surface area contributed by atoms with Gasteiger partial charge in [-0.25, -0.2) is 0 Å². The fourth-order valence-corrected chi connectivity index (χ4v) is 2.88. The molecule has 0 radical (unpaired) electrons. The molecule has 106 valence electrons. The second-order valence-corrected chi connectivity index (χ2v) is 5.80. The number of amides is 1. The van der Waals surface area contributed by atoms with Gasteiger partial charge in [0, 0.05) is 11.9 Å². The first-order valence-corrected chi connectivity index (χ1v) is 7.38. The normalized spacial score (nSPS) is 10.3. The lowest BCUT2D eigenvalue weighted by molar-refractivity contribution is -0.129. The summed E-state index contributed by atoms with van der Waals surface area (Å²) >= 11 is 1.70. The fourth-order valence-electron chi connectivity index (χ4n) is 1.92. The monoisotopic (exact) mass is 289 g/mol. The van der Waals surface area contributed by atoms with Crippen LogP contribution in [0, 0.1) is 6.92 Å². The van der Waals surface area contributed by atoms with Crippen LogP contribution in [0.15, 0.2) is 35.7 Å². The Labute approximate surface area is 123 Å². The Morgan fingerprint density at radius 3 is 2.50 bits per heavy atom. The third kappa shape index (κ3) is 3.61. The molecule has 3 nitrogen and oxygen atoms in total. The Balaban J connectivity index is 1.95. The lowest BCUT2D eigenvalue weighted by atomic mass is 10.1. The lowest BCUT2D eigenvalue weighted by Gasteiger charge is -2.17. The minimum absolute atomic E-state index is 0.128. The molecule has 2 rings (SSSR count). The molecule has 0 aliphatic rings. The van der Waals surface area contributed by atoms with Crippen LogP contribution in [0.4, 0.5) is 0 Å². The second-order valence-electron chi connectivity index (χ2n) is 4.80. The quantitative estimate of drug-likeness (QED) is 0.845. The van der Waals surface area contributed by atoms with Crippen molar-refractivity contribution in [1.82, 2.24) is 4.90 Å². The molecule has 0 aliphatic heterocycles. The standard InChI is InChI=1S/C16H19NO2S/c1-12-8-9-20-15(12)11-17(2)16(18)10-13-4-6-14(19-3)7-5-13/h4-9H,10-11H2,1-3H3. The molecular formula is C16H19NO2S. The zero-order chi connectivity index (χ0) is 14.5. The molecule has 0 unspecified atom stereocenters. The van der Waals surface area contributed by atoms with Crippen LogP contribution in [-0.4, -0.2) is 25.0 Å². The van der Waals surface area contributed by atoms with Gasteiger partial charge in [-0.05, 0) is 41.6 Å². The number of aryl methyl sites for hydroxylation is 1. The highest BCUT2D eigenvalue weighted by Crippen LogP contribution is 2.18. The molecule has 1 heterocycles. The van der Waals surface area contributed by atoms with E-state index >= 15 is 0 Å². The lowest BCUT2D eigenvalue weighted by Crippen LogP contribution is -2.27. The zero-order valence-electron chi connectivity index (χ0n) is 12.1. The molecule has 0 N–H and O–H groups in total. The number of thiophene rings is 1. The van der Waals surface area contributed by atoms with E-state index in [2.05, 4.69) is 18.4 Å². The minimum Gasteiger partial charge on any atom is -0.497 e. The Bertz CT molecular complexity index is 574. The Kier molecular flexibility index (Phi) is 4.79. The molecule has 0 fully saturated rings. The third-order valence-corrected chi connectivity index (χ3v) is 4.30. The molecule has 0 saturated carbocycles. The van der Waals surface area contributed by atoms with Crippen LogP contribution in [0.3, 0.4) is 0 Å². The van der Waals surface area contributed by atoms with Crippen molar-refractivity contribution in [3.05, 3.63) is 51.7 Å². The van der Waals surface area contributed by atoms with E-state index in [0.29, 0.717) is 13.0 Å². The molecular weight excluding hydrogens is 270 g/mol. The zero-order valence-corrected chi connectivity index (χ0v) is 12.9. The van der Waals surface area contributed by atoms with E-state index < -0.39 is 0 Å². The maximum atomic E-state index is 12.2. The van der Waals surface area contributed by atoms with Gasteiger partial charge in [0.2, 0.25) is 5.91 Å². The van der Waals surface area contributed by atoms with Crippen molar-refractivity contribution < 1.29 is 9.53 Å². The smallest absolute Gasteiger partial charge is 0.227 e. The van der Waals surface area contributed by atoms with Crippen molar-refractivity contribution in [2.24, 2.45) is 0 Å². The molecule has 1 aromatic heterocycles. The van der Waals surface area contributed by atoms with Crippen molar-refractivity contribution in [2.45, 2.75) is 19.9 Å². The van der Waals surface area contributed by atoms with Gasteiger partial charge in [0.25, 0.3) is 0 Å². The summed E-state index contributed by atoms with van der Waals surface area (Å²) < 4.78 is 5.11. The summed E-state index contributed by atoms with van der Waals surface area (Å²) in [7, 11) is 3.49. The van der Waals surface area contributed by atoms with Gasteiger partial charge in [0.15, 0.2) is 0 Å². The average Bonchev–Trinajstić information content (AvgIpc) is 2.85. The third-order valence-electron chi connectivity index (χ3n) is 3.29. The van der Waals surface area contributed by atoms with Crippen LogP contribution < -0.4 is 4.74 Å². The first kappa shape index (κ1) is 14.6. The first-order chi connectivity index (χ1) is 9.60. The molecule has 0 saturated heterocycles. The number of ether oxygens (including phenoxy) is 1. The van der Waals surface area contributed by atoms with Gasteiger partial charge in [-0.15, -0.1) is 11.3 Å².